The van der Waals surface area contributed by atoms with Crippen molar-refractivity contribution in [1.29, 1.82) is 0 Å². The molecule has 1 aliphatic rings. The van der Waals surface area contributed by atoms with E-state index in [1.165, 1.54) is 6.42 Å². The van der Waals surface area contributed by atoms with Crippen molar-refractivity contribution in [2.75, 3.05) is 0 Å². The fraction of sp³-hybridized carbons (Fsp3) is 0.357. The highest BCUT2D eigenvalue weighted by molar-refractivity contribution is 5.85. The number of fused-ring (bicyclic) bond motifs is 1. The highest BCUT2D eigenvalue weighted by atomic mass is 16.3. The van der Waals surface area contributed by atoms with Gasteiger partial charge >= 0.3 is 0 Å². The number of aryl methyl sites for hydroxylation is 1. The normalized spacial score (nSPS) is 16.1. The van der Waals surface area contributed by atoms with Crippen LogP contribution in [0.3, 0.4) is 0 Å². The van der Waals surface area contributed by atoms with Gasteiger partial charge in [0, 0.05) is 12.2 Å². The van der Waals surface area contributed by atoms with E-state index in [1.807, 2.05) is 23.8 Å². The van der Waals surface area contributed by atoms with Gasteiger partial charge in [0.15, 0.2) is 0 Å². The van der Waals surface area contributed by atoms with Crippen LogP contribution in [0.4, 0.5) is 0 Å². The lowest BCUT2D eigenvalue weighted by molar-refractivity contribution is 0.307. The number of phenols is 1. The van der Waals surface area contributed by atoms with Crippen LogP contribution in [0.25, 0.3) is 10.8 Å². The van der Waals surface area contributed by atoms with Crippen molar-refractivity contribution in [3.05, 3.63) is 40.3 Å². The summed E-state index contributed by atoms with van der Waals surface area (Å²) in [6, 6.07) is 5.36. The summed E-state index contributed by atoms with van der Waals surface area (Å²) in [6.07, 6.45) is 5.33. The van der Waals surface area contributed by atoms with Gasteiger partial charge in [-0.25, -0.2) is 0 Å². The SMILES string of the molecule is Cc1cn(C2CCC2)c(=O)c2cc(O)ccc12. The lowest BCUT2D eigenvalue weighted by atomic mass is 9.92. The first-order valence-corrected chi connectivity index (χ1v) is 6.01. The van der Waals surface area contributed by atoms with Gasteiger partial charge in [0.2, 0.25) is 0 Å². The predicted molar refractivity (Wildman–Crippen MR) is 67.5 cm³/mol. The third kappa shape index (κ3) is 1.54. The molecule has 88 valence electrons. The van der Waals surface area contributed by atoms with Gasteiger partial charge in [-0.3, -0.25) is 4.79 Å². The van der Waals surface area contributed by atoms with E-state index in [4.69, 9.17) is 0 Å². The summed E-state index contributed by atoms with van der Waals surface area (Å²) in [5, 5.41) is 11.1. The van der Waals surface area contributed by atoms with Gasteiger partial charge in [-0.15, -0.1) is 0 Å². The average molecular weight is 229 g/mol. The van der Waals surface area contributed by atoms with Crippen LogP contribution >= 0.6 is 0 Å². The Morgan fingerprint density at radius 3 is 2.71 bits per heavy atom. The largest absolute Gasteiger partial charge is 0.508 e. The van der Waals surface area contributed by atoms with Crippen LogP contribution in [0.5, 0.6) is 5.75 Å². The summed E-state index contributed by atoms with van der Waals surface area (Å²) >= 11 is 0. The Labute approximate surface area is 99.3 Å². The second kappa shape index (κ2) is 3.62. The molecule has 3 nitrogen and oxygen atoms in total. The van der Waals surface area contributed by atoms with Gasteiger partial charge in [0.25, 0.3) is 5.56 Å². The van der Waals surface area contributed by atoms with Gasteiger partial charge in [-0.1, -0.05) is 6.07 Å². The fourth-order valence-electron chi connectivity index (χ4n) is 2.47. The van der Waals surface area contributed by atoms with E-state index < -0.39 is 0 Å². The van der Waals surface area contributed by atoms with Crippen molar-refractivity contribution in [3.63, 3.8) is 0 Å². The van der Waals surface area contributed by atoms with Crippen LogP contribution in [-0.2, 0) is 0 Å². The molecule has 1 aliphatic carbocycles. The Balaban J connectivity index is 2.32. The molecule has 1 fully saturated rings. The number of nitrogens with zero attached hydrogens (tertiary/aromatic N) is 1. The smallest absolute Gasteiger partial charge is 0.258 e. The maximum Gasteiger partial charge on any atom is 0.258 e. The van der Waals surface area contributed by atoms with E-state index in [1.54, 1.807) is 12.1 Å². The molecule has 0 saturated heterocycles. The zero-order valence-electron chi connectivity index (χ0n) is 9.81. The Morgan fingerprint density at radius 2 is 2.06 bits per heavy atom. The van der Waals surface area contributed by atoms with Crippen LogP contribution < -0.4 is 5.56 Å². The summed E-state index contributed by atoms with van der Waals surface area (Å²) in [6.45, 7) is 2.01. The molecule has 1 saturated carbocycles. The Kier molecular flexibility index (Phi) is 2.21. The predicted octanol–water partition coefficient (Wildman–Crippen LogP) is 2.74. The molecule has 1 N–H and O–H groups in total. The van der Waals surface area contributed by atoms with Crippen LogP contribution in [-0.4, -0.2) is 9.67 Å². The lowest BCUT2D eigenvalue weighted by Crippen LogP contribution is -2.28. The van der Waals surface area contributed by atoms with E-state index in [9.17, 15) is 9.90 Å². The summed E-state index contributed by atoms with van der Waals surface area (Å²) in [7, 11) is 0. The van der Waals surface area contributed by atoms with Gasteiger partial charge in [-0.2, -0.15) is 0 Å². The third-order valence-electron chi connectivity index (χ3n) is 3.69. The Morgan fingerprint density at radius 1 is 1.29 bits per heavy atom. The molecule has 17 heavy (non-hydrogen) atoms. The number of hydrogen-bond donors (Lipinski definition) is 1. The molecule has 3 rings (SSSR count). The number of aromatic hydroxyl groups is 1. The van der Waals surface area contributed by atoms with Gasteiger partial charge in [0.1, 0.15) is 5.75 Å². The lowest BCUT2D eigenvalue weighted by Gasteiger charge is -2.28. The molecular formula is C14H15NO2. The van der Waals surface area contributed by atoms with Crippen molar-refractivity contribution in [3.8, 4) is 5.75 Å². The number of aromatic nitrogens is 1. The second-order valence-corrected chi connectivity index (χ2v) is 4.84. The number of pyridine rings is 1. The Hall–Kier alpha value is -1.77. The van der Waals surface area contributed by atoms with E-state index >= 15 is 0 Å². The van der Waals surface area contributed by atoms with E-state index in [2.05, 4.69) is 0 Å². The van der Waals surface area contributed by atoms with Crippen molar-refractivity contribution in [1.82, 2.24) is 4.57 Å². The first-order valence-electron chi connectivity index (χ1n) is 6.01. The maximum atomic E-state index is 12.3. The molecule has 0 atom stereocenters. The molecule has 2 aromatic rings. The molecular weight excluding hydrogens is 214 g/mol. The van der Waals surface area contributed by atoms with Crippen LogP contribution in [0.15, 0.2) is 29.2 Å². The zero-order chi connectivity index (χ0) is 12.0. The summed E-state index contributed by atoms with van der Waals surface area (Å²) in [5.41, 5.74) is 1.11. The zero-order valence-corrected chi connectivity index (χ0v) is 9.81. The third-order valence-corrected chi connectivity index (χ3v) is 3.69. The molecule has 1 heterocycles. The average Bonchev–Trinajstić information content (AvgIpc) is 2.23. The first kappa shape index (κ1) is 10.4. The highest BCUT2D eigenvalue weighted by Gasteiger charge is 2.21. The Bertz CT molecular complexity index is 638. The number of benzene rings is 1. The molecule has 0 bridgehead atoms. The quantitative estimate of drug-likeness (QED) is 0.817. The molecule has 0 amide bonds. The number of hydrogen-bond acceptors (Lipinski definition) is 2. The van der Waals surface area contributed by atoms with Crippen molar-refractivity contribution in [2.24, 2.45) is 0 Å². The fourth-order valence-corrected chi connectivity index (χ4v) is 2.47. The molecule has 0 radical (unpaired) electrons. The van der Waals surface area contributed by atoms with Gasteiger partial charge < -0.3 is 9.67 Å². The van der Waals surface area contributed by atoms with Crippen LogP contribution in [0.2, 0.25) is 0 Å². The first-order chi connectivity index (χ1) is 8.16. The minimum atomic E-state index is 0.0196. The standard InChI is InChI=1S/C14H15NO2/c1-9-8-15(10-3-2-4-10)14(17)13-7-11(16)5-6-12(9)13/h5-8,10,16H,2-4H2,1H3. The van der Waals surface area contributed by atoms with Crippen molar-refractivity contribution >= 4 is 10.8 Å². The monoisotopic (exact) mass is 229 g/mol. The molecule has 0 aliphatic heterocycles. The summed E-state index contributed by atoms with van der Waals surface area (Å²) < 4.78 is 1.83. The molecule has 3 heteroatoms. The van der Waals surface area contributed by atoms with E-state index in [0.29, 0.717) is 11.4 Å². The number of rotatable bonds is 1. The van der Waals surface area contributed by atoms with Crippen molar-refractivity contribution in [2.45, 2.75) is 32.2 Å². The van der Waals surface area contributed by atoms with Crippen molar-refractivity contribution < 1.29 is 5.11 Å². The number of phenolic OH excluding ortho intramolecular Hbond substituents is 1. The maximum absolute atomic E-state index is 12.3. The van der Waals surface area contributed by atoms with Gasteiger partial charge in [-0.05, 0) is 49.3 Å². The van der Waals surface area contributed by atoms with Gasteiger partial charge in [0.05, 0.1) is 5.39 Å². The molecule has 1 aromatic carbocycles. The molecule has 0 unspecified atom stereocenters. The topological polar surface area (TPSA) is 42.2 Å². The van der Waals surface area contributed by atoms with Crippen LogP contribution in [0.1, 0.15) is 30.9 Å². The molecule has 0 spiro atoms. The summed E-state index contributed by atoms with van der Waals surface area (Å²) in [4.78, 5) is 12.3. The minimum absolute atomic E-state index is 0.0196. The van der Waals surface area contributed by atoms with E-state index in [0.717, 1.165) is 23.8 Å². The highest BCUT2D eigenvalue weighted by Crippen LogP contribution is 2.31. The van der Waals surface area contributed by atoms with E-state index in [-0.39, 0.29) is 11.3 Å². The second-order valence-electron chi connectivity index (χ2n) is 4.84. The summed E-state index contributed by atoms with van der Waals surface area (Å²) in [5.74, 6) is 0.153. The molecule has 1 aromatic heterocycles. The minimum Gasteiger partial charge on any atom is -0.508 e. The van der Waals surface area contributed by atoms with Crippen LogP contribution in [0, 0.1) is 6.92 Å².